The van der Waals surface area contributed by atoms with Gasteiger partial charge in [0.2, 0.25) is 5.91 Å². The van der Waals surface area contributed by atoms with E-state index >= 15 is 0 Å². The predicted octanol–water partition coefficient (Wildman–Crippen LogP) is 3.64. The fraction of sp³-hybridized carbons (Fsp3) is 0.300. The van der Waals surface area contributed by atoms with Crippen LogP contribution in [0.15, 0.2) is 54.5 Å². The molecule has 0 atom stereocenters. The summed E-state index contributed by atoms with van der Waals surface area (Å²) in [6.45, 7) is 9.26. The Hall–Kier alpha value is -2.87. The zero-order valence-corrected chi connectivity index (χ0v) is 16.9. The van der Waals surface area contributed by atoms with Crippen molar-refractivity contribution in [2.45, 2.75) is 38.5 Å². The quantitative estimate of drug-likeness (QED) is 0.441. The molecular weight excluding hydrogens is 372 g/mol. The molecule has 146 valence electrons. The fourth-order valence-electron chi connectivity index (χ4n) is 2.82. The number of para-hydroxylation sites is 1. The Morgan fingerprint density at radius 3 is 2.82 bits per heavy atom. The molecule has 3 aromatic rings. The number of hydrogen-bond acceptors (Lipinski definition) is 5. The smallest absolute Gasteiger partial charge is 0.234 e. The third kappa shape index (κ3) is 4.51. The number of allylic oxidation sites excluding steroid dienone is 1. The second-order valence-electron chi connectivity index (χ2n) is 6.14. The lowest BCUT2D eigenvalue weighted by atomic mass is 10.1. The van der Waals surface area contributed by atoms with Gasteiger partial charge in [0.05, 0.1) is 17.5 Å². The van der Waals surface area contributed by atoms with E-state index in [0.29, 0.717) is 11.7 Å². The van der Waals surface area contributed by atoms with Gasteiger partial charge in [0, 0.05) is 25.0 Å². The molecule has 1 N–H and O–H groups in total. The minimum absolute atomic E-state index is 0.0700. The number of hydrogen-bond donors (Lipinski definition) is 1. The van der Waals surface area contributed by atoms with E-state index in [0.717, 1.165) is 35.6 Å². The Labute approximate surface area is 168 Å². The number of anilines is 1. The molecule has 0 radical (unpaired) electrons. The number of aromatic nitrogens is 5. The average molecular weight is 397 g/mol. The molecule has 3 rings (SSSR count). The second-order valence-corrected chi connectivity index (χ2v) is 7.08. The molecule has 28 heavy (non-hydrogen) atoms. The number of carbonyl (C=O) groups excluding carboxylic acids is 1. The molecule has 0 aliphatic heterocycles. The van der Waals surface area contributed by atoms with E-state index in [4.69, 9.17) is 0 Å². The molecule has 0 saturated carbocycles. The van der Waals surface area contributed by atoms with Crippen LogP contribution in [0.3, 0.4) is 0 Å². The second kappa shape index (κ2) is 9.36. The first-order chi connectivity index (χ1) is 13.7. The van der Waals surface area contributed by atoms with Crippen molar-refractivity contribution in [3.63, 3.8) is 0 Å². The molecule has 2 heterocycles. The zero-order chi connectivity index (χ0) is 19.9. The summed E-state index contributed by atoms with van der Waals surface area (Å²) in [5, 5.41) is 16.5. The Morgan fingerprint density at radius 2 is 2.11 bits per heavy atom. The Morgan fingerprint density at radius 1 is 1.29 bits per heavy atom. The van der Waals surface area contributed by atoms with Gasteiger partial charge in [-0.2, -0.15) is 5.10 Å². The standard InChI is InChI=1S/C20H24N6OS/c1-4-11-26-19(16-12-21-25(6-3)13-16)23-24-20(26)28-14-18(27)22-17-10-8-7-9-15(17)5-2/h4,7-10,12-13H,1,5-6,11,14H2,2-3H3,(H,22,27). The molecule has 1 amide bonds. The molecule has 2 aromatic heterocycles. The van der Waals surface area contributed by atoms with Crippen molar-refractivity contribution in [3.05, 3.63) is 54.9 Å². The summed E-state index contributed by atoms with van der Waals surface area (Å²) >= 11 is 1.36. The summed E-state index contributed by atoms with van der Waals surface area (Å²) in [5.41, 5.74) is 2.87. The number of nitrogens with zero attached hydrogens (tertiary/aromatic N) is 5. The number of amides is 1. The molecule has 1 aromatic carbocycles. The van der Waals surface area contributed by atoms with Crippen LogP contribution in [-0.4, -0.2) is 36.2 Å². The van der Waals surface area contributed by atoms with Crippen LogP contribution in [-0.2, 0) is 24.3 Å². The van der Waals surface area contributed by atoms with Crippen molar-refractivity contribution < 1.29 is 4.79 Å². The van der Waals surface area contributed by atoms with Gasteiger partial charge >= 0.3 is 0 Å². The molecule has 8 heteroatoms. The summed E-state index contributed by atoms with van der Waals surface area (Å²) in [6.07, 6.45) is 6.37. The highest BCUT2D eigenvalue weighted by Crippen LogP contribution is 2.24. The van der Waals surface area contributed by atoms with Crippen LogP contribution < -0.4 is 5.32 Å². The lowest BCUT2D eigenvalue weighted by Gasteiger charge is -2.10. The number of carbonyl (C=O) groups is 1. The normalized spacial score (nSPS) is 10.8. The van der Waals surface area contributed by atoms with Crippen LogP contribution in [0.2, 0.25) is 0 Å². The van der Waals surface area contributed by atoms with E-state index in [1.165, 1.54) is 11.8 Å². The number of aryl methyl sites for hydroxylation is 2. The highest BCUT2D eigenvalue weighted by Gasteiger charge is 2.16. The number of rotatable bonds is 9. The van der Waals surface area contributed by atoms with Gasteiger partial charge in [0.1, 0.15) is 0 Å². The van der Waals surface area contributed by atoms with Gasteiger partial charge < -0.3 is 5.32 Å². The third-order valence-corrected chi connectivity index (χ3v) is 5.22. The maximum atomic E-state index is 12.4. The van der Waals surface area contributed by atoms with Crippen LogP contribution in [0, 0.1) is 0 Å². The highest BCUT2D eigenvalue weighted by atomic mass is 32.2. The van der Waals surface area contributed by atoms with Gasteiger partial charge in [-0.1, -0.05) is 43.0 Å². The molecule has 0 saturated heterocycles. The monoisotopic (exact) mass is 396 g/mol. The lowest BCUT2D eigenvalue weighted by molar-refractivity contribution is -0.113. The van der Waals surface area contributed by atoms with Crippen LogP contribution in [0.25, 0.3) is 11.4 Å². The van der Waals surface area contributed by atoms with Crippen LogP contribution in [0.5, 0.6) is 0 Å². The van der Waals surface area contributed by atoms with Crippen molar-refractivity contribution in [1.82, 2.24) is 24.5 Å². The van der Waals surface area contributed by atoms with Crippen molar-refractivity contribution in [1.29, 1.82) is 0 Å². The van der Waals surface area contributed by atoms with Crippen LogP contribution in [0.1, 0.15) is 19.4 Å². The van der Waals surface area contributed by atoms with Crippen LogP contribution in [0.4, 0.5) is 5.69 Å². The van der Waals surface area contributed by atoms with Crippen molar-refractivity contribution in [3.8, 4) is 11.4 Å². The first-order valence-corrected chi connectivity index (χ1v) is 10.2. The molecule has 0 spiro atoms. The molecule has 0 aliphatic carbocycles. The van der Waals surface area contributed by atoms with Crippen molar-refractivity contribution >= 4 is 23.4 Å². The van der Waals surface area contributed by atoms with Gasteiger partial charge in [-0.25, -0.2) is 0 Å². The molecular formula is C20H24N6OS. The lowest BCUT2D eigenvalue weighted by Crippen LogP contribution is -2.15. The Bertz CT molecular complexity index is 961. The van der Waals surface area contributed by atoms with Gasteiger partial charge in [-0.3, -0.25) is 14.0 Å². The summed E-state index contributed by atoms with van der Waals surface area (Å²) in [7, 11) is 0. The summed E-state index contributed by atoms with van der Waals surface area (Å²) in [4.78, 5) is 12.4. The van der Waals surface area contributed by atoms with Crippen molar-refractivity contribution in [2.24, 2.45) is 0 Å². The molecule has 7 nitrogen and oxygen atoms in total. The predicted molar refractivity (Wildman–Crippen MR) is 112 cm³/mol. The van der Waals surface area contributed by atoms with Crippen molar-refractivity contribution in [2.75, 3.05) is 11.1 Å². The minimum Gasteiger partial charge on any atom is -0.325 e. The number of thioether (sulfide) groups is 1. The van der Waals surface area contributed by atoms with E-state index in [9.17, 15) is 4.79 Å². The first kappa shape index (κ1) is 19.9. The van der Waals surface area contributed by atoms with Gasteiger partial charge in [0.15, 0.2) is 11.0 Å². The molecule has 0 unspecified atom stereocenters. The molecule has 0 aliphatic rings. The SMILES string of the molecule is C=CCn1c(SCC(=O)Nc2ccccc2CC)nnc1-c1cnn(CC)c1. The van der Waals surface area contributed by atoms with Gasteiger partial charge in [0.25, 0.3) is 0 Å². The Kier molecular flexibility index (Phi) is 6.65. The van der Waals surface area contributed by atoms with Gasteiger partial charge in [-0.05, 0) is 25.0 Å². The maximum absolute atomic E-state index is 12.4. The van der Waals surface area contributed by atoms with E-state index in [2.05, 4.69) is 34.1 Å². The van der Waals surface area contributed by atoms with Gasteiger partial charge in [-0.15, -0.1) is 16.8 Å². The first-order valence-electron chi connectivity index (χ1n) is 9.23. The fourth-order valence-corrected chi connectivity index (χ4v) is 3.57. The number of nitrogens with one attached hydrogen (secondary N) is 1. The molecule has 0 bridgehead atoms. The zero-order valence-electron chi connectivity index (χ0n) is 16.1. The Balaban J connectivity index is 1.71. The van der Waals surface area contributed by atoms with E-state index in [-0.39, 0.29) is 11.7 Å². The highest BCUT2D eigenvalue weighted by molar-refractivity contribution is 7.99. The average Bonchev–Trinajstić information content (AvgIpc) is 3.34. The molecule has 0 fully saturated rings. The maximum Gasteiger partial charge on any atom is 0.234 e. The van der Waals surface area contributed by atoms with E-state index in [1.54, 1.807) is 12.3 Å². The topological polar surface area (TPSA) is 77.6 Å². The summed E-state index contributed by atoms with van der Waals surface area (Å²) in [6, 6.07) is 7.84. The largest absolute Gasteiger partial charge is 0.325 e. The third-order valence-electron chi connectivity index (χ3n) is 4.25. The number of benzene rings is 1. The van der Waals surface area contributed by atoms with E-state index < -0.39 is 0 Å². The van der Waals surface area contributed by atoms with E-state index in [1.807, 2.05) is 46.6 Å². The van der Waals surface area contributed by atoms with Crippen LogP contribution >= 0.6 is 11.8 Å². The summed E-state index contributed by atoms with van der Waals surface area (Å²) in [5.74, 6) is 0.903. The minimum atomic E-state index is -0.0700. The summed E-state index contributed by atoms with van der Waals surface area (Å²) < 4.78 is 3.79.